The lowest BCUT2D eigenvalue weighted by Gasteiger charge is -2.46. The summed E-state index contributed by atoms with van der Waals surface area (Å²) in [6.45, 7) is 7.99. The van der Waals surface area contributed by atoms with Gasteiger partial charge in [-0.3, -0.25) is 4.79 Å². The van der Waals surface area contributed by atoms with E-state index in [4.69, 9.17) is 4.42 Å². The molecule has 0 saturated heterocycles. The van der Waals surface area contributed by atoms with Gasteiger partial charge in [-0.2, -0.15) is 0 Å². The molecule has 0 spiro atoms. The number of hydrogen-bond acceptors (Lipinski definition) is 3. The molecule has 0 saturated carbocycles. The lowest BCUT2D eigenvalue weighted by molar-refractivity contribution is -0.135. The van der Waals surface area contributed by atoms with E-state index in [-0.39, 0.29) is 11.7 Å². The van der Waals surface area contributed by atoms with E-state index in [1.54, 1.807) is 18.4 Å². The van der Waals surface area contributed by atoms with E-state index in [1.807, 2.05) is 20.8 Å². The number of hydrogen-bond donors (Lipinski definition) is 1. The molecule has 0 aliphatic heterocycles. The number of aryl methyl sites for hydroxylation is 1. The van der Waals surface area contributed by atoms with Gasteiger partial charge in [0.1, 0.15) is 5.76 Å². The third-order valence-electron chi connectivity index (χ3n) is 5.80. The summed E-state index contributed by atoms with van der Waals surface area (Å²) >= 11 is 0. The molecular formula is C20H26O3. The zero-order chi connectivity index (χ0) is 16.8. The smallest absolute Gasteiger partial charge is 0.161 e. The lowest BCUT2D eigenvalue weighted by atomic mass is 9.59. The predicted molar refractivity (Wildman–Crippen MR) is 91.0 cm³/mol. The Kier molecular flexibility index (Phi) is 3.88. The van der Waals surface area contributed by atoms with E-state index in [0.29, 0.717) is 6.42 Å². The molecule has 0 aromatic carbocycles. The van der Waals surface area contributed by atoms with Gasteiger partial charge in [0.15, 0.2) is 5.78 Å². The fourth-order valence-corrected chi connectivity index (χ4v) is 4.20. The molecule has 3 heteroatoms. The van der Waals surface area contributed by atoms with Gasteiger partial charge >= 0.3 is 0 Å². The van der Waals surface area contributed by atoms with Crippen LogP contribution in [-0.4, -0.2) is 16.5 Å². The molecule has 3 nitrogen and oxygen atoms in total. The van der Waals surface area contributed by atoms with Crippen LogP contribution in [0.5, 0.6) is 0 Å². The molecule has 1 aromatic rings. The number of aliphatic hydroxyl groups is 1. The van der Waals surface area contributed by atoms with Crippen molar-refractivity contribution in [1.82, 2.24) is 0 Å². The maximum absolute atomic E-state index is 12.7. The fraction of sp³-hybridized carbons (Fsp3) is 0.550. The van der Waals surface area contributed by atoms with E-state index in [9.17, 15) is 9.90 Å². The van der Waals surface area contributed by atoms with Crippen molar-refractivity contribution in [3.63, 3.8) is 0 Å². The summed E-state index contributed by atoms with van der Waals surface area (Å²) < 4.78 is 5.74. The molecule has 2 aliphatic carbocycles. The summed E-state index contributed by atoms with van der Waals surface area (Å²) in [5, 5.41) is 11.0. The van der Waals surface area contributed by atoms with Crippen molar-refractivity contribution in [2.24, 2.45) is 11.3 Å². The zero-order valence-electron chi connectivity index (χ0n) is 14.5. The van der Waals surface area contributed by atoms with Gasteiger partial charge in [0.25, 0.3) is 0 Å². The first-order valence-corrected chi connectivity index (χ1v) is 8.44. The van der Waals surface area contributed by atoms with Crippen LogP contribution in [0.2, 0.25) is 0 Å². The Morgan fingerprint density at radius 1 is 1.30 bits per heavy atom. The molecule has 0 amide bonds. The highest BCUT2D eigenvalue weighted by molar-refractivity contribution is 5.96. The summed E-state index contributed by atoms with van der Waals surface area (Å²) in [6.07, 6.45) is 10.5. The van der Waals surface area contributed by atoms with Crippen LogP contribution in [0.3, 0.4) is 0 Å². The lowest BCUT2D eigenvalue weighted by Crippen LogP contribution is -2.51. The Bertz CT molecular complexity index is 690. The molecule has 23 heavy (non-hydrogen) atoms. The van der Waals surface area contributed by atoms with Crippen LogP contribution in [0.15, 0.2) is 28.4 Å². The van der Waals surface area contributed by atoms with E-state index in [2.05, 4.69) is 13.0 Å². The van der Waals surface area contributed by atoms with Crippen molar-refractivity contribution in [2.75, 3.05) is 0 Å². The normalized spacial score (nSPS) is 34.6. The monoisotopic (exact) mass is 314 g/mol. The van der Waals surface area contributed by atoms with Crippen LogP contribution in [0.4, 0.5) is 0 Å². The van der Waals surface area contributed by atoms with Gasteiger partial charge in [-0.05, 0) is 70.2 Å². The highest BCUT2D eigenvalue weighted by Gasteiger charge is 2.50. The minimum atomic E-state index is -0.985. The van der Waals surface area contributed by atoms with Gasteiger partial charge in [0, 0.05) is 16.9 Å². The van der Waals surface area contributed by atoms with E-state index >= 15 is 0 Å². The molecule has 0 fully saturated rings. The number of furan rings is 1. The topological polar surface area (TPSA) is 50.4 Å². The molecule has 3 rings (SSSR count). The summed E-state index contributed by atoms with van der Waals surface area (Å²) in [5.74, 6) is 0.871. The van der Waals surface area contributed by atoms with E-state index in [1.165, 1.54) is 5.57 Å². The van der Waals surface area contributed by atoms with Crippen molar-refractivity contribution < 1.29 is 14.3 Å². The van der Waals surface area contributed by atoms with Crippen LogP contribution in [0.1, 0.15) is 56.9 Å². The van der Waals surface area contributed by atoms with Gasteiger partial charge in [-0.1, -0.05) is 12.5 Å². The molecule has 1 heterocycles. The maximum Gasteiger partial charge on any atom is 0.161 e. The highest BCUT2D eigenvalue weighted by Crippen LogP contribution is 2.47. The van der Waals surface area contributed by atoms with Crippen LogP contribution in [-0.2, 0) is 11.2 Å². The number of fused-ring (bicyclic) bond motifs is 2. The average molecular weight is 314 g/mol. The SMILES string of the molecule is CC1=Cc2occ(C)c2CC2C(C)(O)C=CC(=O)C2(C)CCC1. The Morgan fingerprint density at radius 2 is 2.04 bits per heavy atom. The first-order valence-electron chi connectivity index (χ1n) is 8.44. The summed E-state index contributed by atoms with van der Waals surface area (Å²) in [6, 6.07) is 0. The van der Waals surface area contributed by atoms with Crippen molar-refractivity contribution in [2.45, 2.75) is 59.0 Å². The van der Waals surface area contributed by atoms with E-state index in [0.717, 1.165) is 36.1 Å². The molecular weight excluding hydrogens is 288 g/mol. The predicted octanol–water partition coefficient (Wildman–Crippen LogP) is 4.23. The van der Waals surface area contributed by atoms with Crippen LogP contribution < -0.4 is 0 Å². The first kappa shape index (κ1) is 16.3. The molecule has 1 aromatic heterocycles. The van der Waals surface area contributed by atoms with Gasteiger partial charge in [-0.15, -0.1) is 0 Å². The second kappa shape index (κ2) is 5.48. The number of allylic oxidation sites excluding steroid dienone is 2. The van der Waals surface area contributed by atoms with Crippen LogP contribution in [0.25, 0.3) is 6.08 Å². The van der Waals surface area contributed by atoms with Crippen LogP contribution in [0, 0.1) is 18.3 Å². The Balaban J connectivity index is 2.14. The zero-order valence-corrected chi connectivity index (χ0v) is 14.5. The van der Waals surface area contributed by atoms with Gasteiger partial charge < -0.3 is 9.52 Å². The molecule has 3 unspecified atom stereocenters. The summed E-state index contributed by atoms with van der Waals surface area (Å²) in [7, 11) is 0. The van der Waals surface area contributed by atoms with Crippen molar-refractivity contribution in [3.8, 4) is 0 Å². The first-order chi connectivity index (χ1) is 10.7. The second-order valence-corrected chi connectivity index (χ2v) is 7.70. The summed E-state index contributed by atoms with van der Waals surface area (Å²) in [5.41, 5.74) is 1.96. The fourth-order valence-electron chi connectivity index (χ4n) is 4.20. The Morgan fingerprint density at radius 3 is 2.78 bits per heavy atom. The quantitative estimate of drug-likeness (QED) is 0.779. The highest BCUT2D eigenvalue weighted by atomic mass is 16.3. The number of carbonyl (C=O) groups excluding carboxylic acids is 1. The molecule has 124 valence electrons. The number of rotatable bonds is 0. The second-order valence-electron chi connectivity index (χ2n) is 7.70. The molecule has 0 bridgehead atoms. The van der Waals surface area contributed by atoms with Crippen LogP contribution >= 0.6 is 0 Å². The van der Waals surface area contributed by atoms with Gasteiger partial charge in [-0.25, -0.2) is 0 Å². The largest absolute Gasteiger partial charge is 0.464 e. The minimum Gasteiger partial charge on any atom is -0.464 e. The third kappa shape index (κ3) is 2.72. The van der Waals surface area contributed by atoms with E-state index < -0.39 is 11.0 Å². The standard InChI is InChI=1S/C20H26O3/c1-13-6-5-8-19(3)17(20(4,22)9-7-18(19)21)11-15-14(2)12-23-16(15)10-13/h7,9-10,12,17,22H,5-6,8,11H2,1-4H3. The summed E-state index contributed by atoms with van der Waals surface area (Å²) in [4.78, 5) is 12.7. The Hall–Kier alpha value is -1.61. The van der Waals surface area contributed by atoms with Gasteiger partial charge in [0.05, 0.1) is 11.9 Å². The molecule has 0 radical (unpaired) electrons. The number of ketones is 1. The molecule has 3 atom stereocenters. The third-order valence-corrected chi connectivity index (χ3v) is 5.80. The minimum absolute atomic E-state index is 0.138. The average Bonchev–Trinajstić information content (AvgIpc) is 2.80. The Labute approximate surface area is 138 Å². The van der Waals surface area contributed by atoms with Crippen molar-refractivity contribution in [1.29, 1.82) is 0 Å². The van der Waals surface area contributed by atoms with Crippen molar-refractivity contribution >= 4 is 11.9 Å². The number of carbonyl (C=O) groups is 1. The molecule has 2 aliphatic rings. The van der Waals surface area contributed by atoms with Crippen molar-refractivity contribution in [3.05, 3.63) is 40.9 Å². The molecule has 1 N–H and O–H groups in total. The van der Waals surface area contributed by atoms with Gasteiger partial charge in [0.2, 0.25) is 0 Å². The maximum atomic E-state index is 12.7.